The fraction of sp³-hybridized carbons (Fsp3) is 0.909. The van der Waals surface area contributed by atoms with E-state index in [4.69, 9.17) is 9.05 Å². The molecule has 0 N–H and O–H groups in total. The van der Waals surface area contributed by atoms with E-state index in [1.807, 2.05) is 6.92 Å². The molecule has 0 rings (SSSR count). The van der Waals surface area contributed by atoms with Gasteiger partial charge in [-0.2, -0.15) is 0 Å². The highest BCUT2D eigenvalue weighted by Gasteiger charge is 2.35. The van der Waals surface area contributed by atoms with Gasteiger partial charge in [-0.1, -0.05) is 13.3 Å². The van der Waals surface area contributed by atoms with Gasteiger partial charge in [-0.25, -0.2) is 0 Å². The van der Waals surface area contributed by atoms with Crippen molar-refractivity contribution in [2.24, 2.45) is 0 Å². The molecule has 0 amide bonds. The Morgan fingerprint density at radius 1 is 1.19 bits per heavy atom. The van der Waals surface area contributed by atoms with Gasteiger partial charge >= 0.3 is 7.60 Å². The molecule has 0 aromatic rings. The summed E-state index contributed by atoms with van der Waals surface area (Å²) in [6.45, 7) is 7.75. The molecular formula is C11H23O4P. The van der Waals surface area contributed by atoms with Gasteiger partial charge in [0.05, 0.1) is 18.9 Å². The molecule has 0 radical (unpaired) electrons. The third kappa shape index (κ3) is 5.24. The predicted octanol–water partition coefficient (Wildman–Crippen LogP) is 3.40. The molecular weight excluding hydrogens is 227 g/mol. The third-order valence-corrected chi connectivity index (χ3v) is 4.78. The van der Waals surface area contributed by atoms with Crippen molar-refractivity contribution in [3.8, 4) is 0 Å². The molecule has 0 aliphatic rings. The normalized spacial score (nSPS) is 13.8. The zero-order valence-corrected chi connectivity index (χ0v) is 11.6. The highest BCUT2D eigenvalue weighted by Crippen LogP contribution is 2.55. The van der Waals surface area contributed by atoms with Crippen molar-refractivity contribution >= 4 is 13.4 Å². The molecule has 0 spiro atoms. The summed E-state index contributed by atoms with van der Waals surface area (Å²) in [5.74, 6) is 0.0260. The second kappa shape index (κ2) is 7.99. The second-order valence-electron chi connectivity index (χ2n) is 3.72. The molecule has 0 saturated heterocycles. The third-order valence-electron chi connectivity index (χ3n) is 2.21. The van der Waals surface area contributed by atoms with Crippen LogP contribution in [-0.4, -0.2) is 24.7 Å². The first-order chi connectivity index (χ1) is 7.50. The first-order valence-electron chi connectivity index (χ1n) is 5.88. The van der Waals surface area contributed by atoms with Crippen LogP contribution in [0.25, 0.3) is 0 Å². The van der Waals surface area contributed by atoms with Crippen LogP contribution < -0.4 is 0 Å². The molecule has 0 aromatic carbocycles. The quantitative estimate of drug-likeness (QED) is 0.588. The number of carbonyl (C=O) groups is 1. The summed E-state index contributed by atoms with van der Waals surface area (Å²) in [6, 6.07) is 0. The Bertz CT molecular complexity index is 242. The van der Waals surface area contributed by atoms with Gasteiger partial charge in [0.25, 0.3) is 0 Å². The van der Waals surface area contributed by atoms with Gasteiger partial charge in [-0.05, 0) is 27.2 Å². The van der Waals surface area contributed by atoms with E-state index < -0.39 is 7.60 Å². The first kappa shape index (κ1) is 15.8. The number of Topliss-reactive ketones (excluding diaryl/α,β-unsaturated/α-hetero) is 1. The fourth-order valence-electron chi connectivity index (χ4n) is 1.64. The summed E-state index contributed by atoms with van der Waals surface area (Å²) in [4.78, 5) is 11.2. The Kier molecular flexibility index (Phi) is 7.90. The molecule has 0 saturated carbocycles. The van der Waals surface area contributed by atoms with Gasteiger partial charge in [0.2, 0.25) is 0 Å². The van der Waals surface area contributed by atoms with Crippen molar-refractivity contribution in [2.75, 3.05) is 13.2 Å². The number of ketones is 1. The van der Waals surface area contributed by atoms with Gasteiger partial charge < -0.3 is 13.8 Å². The molecule has 1 atom stereocenters. The van der Waals surface area contributed by atoms with E-state index in [1.54, 1.807) is 13.8 Å². The standard InChI is InChI=1S/C11H23O4P/c1-5-8-11(9-10(4)12)16(13,14-6-2)15-7-3/h11H,5-9H2,1-4H3. The average Bonchev–Trinajstić information content (AvgIpc) is 2.17. The Labute approximate surface area is 98.2 Å². The molecule has 0 aliphatic carbocycles. The Morgan fingerprint density at radius 2 is 1.69 bits per heavy atom. The smallest absolute Gasteiger partial charge is 0.309 e. The largest absolute Gasteiger partial charge is 0.334 e. The maximum absolute atomic E-state index is 12.4. The lowest BCUT2D eigenvalue weighted by molar-refractivity contribution is -0.117. The van der Waals surface area contributed by atoms with Crippen molar-refractivity contribution < 1.29 is 18.4 Å². The summed E-state index contributed by atoms with van der Waals surface area (Å²) in [7, 11) is -3.12. The number of carbonyl (C=O) groups excluding carboxylic acids is 1. The van der Waals surface area contributed by atoms with E-state index in [9.17, 15) is 9.36 Å². The topological polar surface area (TPSA) is 52.6 Å². The first-order valence-corrected chi connectivity index (χ1v) is 7.49. The minimum Gasteiger partial charge on any atom is -0.309 e. The molecule has 0 aliphatic heterocycles. The summed E-state index contributed by atoms with van der Waals surface area (Å²) in [5.41, 5.74) is -0.296. The fourth-order valence-corrected chi connectivity index (χ4v) is 3.92. The highest BCUT2D eigenvalue weighted by molar-refractivity contribution is 7.54. The van der Waals surface area contributed by atoms with Gasteiger partial charge in [-0.15, -0.1) is 0 Å². The van der Waals surface area contributed by atoms with Crippen LogP contribution in [0.5, 0.6) is 0 Å². The van der Waals surface area contributed by atoms with E-state index in [-0.39, 0.29) is 17.9 Å². The molecule has 96 valence electrons. The van der Waals surface area contributed by atoms with E-state index >= 15 is 0 Å². The second-order valence-corrected chi connectivity index (χ2v) is 6.05. The zero-order chi connectivity index (χ0) is 12.6. The lowest BCUT2D eigenvalue weighted by Crippen LogP contribution is -2.16. The SMILES string of the molecule is CCCC(CC(C)=O)P(=O)(OCC)OCC. The van der Waals surface area contributed by atoms with Crippen molar-refractivity contribution in [1.29, 1.82) is 0 Å². The molecule has 0 heterocycles. The number of hydrogen-bond acceptors (Lipinski definition) is 4. The van der Waals surface area contributed by atoms with Crippen LogP contribution in [0.3, 0.4) is 0 Å². The molecule has 0 fully saturated rings. The molecule has 1 unspecified atom stereocenters. The number of hydrogen-bond donors (Lipinski definition) is 0. The van der Waals surface area contributed by atoms with Crippen molar-refractivity contribution in [1.82, 2.24) is 0 Å². The van der Waals surface area contributed by atoms with Crippen LogP contribution >= 0.6 is 7.60 Å². The number of rotatable bonds is 9. The Morgan fingerprint density at radius 3 is 2.00 bits per heavy atom. The van der Waals surface area contributed by atoms with Crippen LogP contribution in [0.4, 0.5) is 0 Å². The monoisotopic (exact) mass is 250 g/mol. The van der Waals surface area contributed by atoms with Crippen molar-refractivity contribution in [3.05, 3.63) is 0 Å². The Balaban J connectivity index is 4.77. The molecule has 0 aromatic heterocycles. The van der Waals surface area contributed by atoms with Gasteiger partial charge in [0.15, 0.2) is 0 Å². The van der Waals surface area contributed by atoms with Crippen LogP contribution in [0.2, 0.25) is 0 Å². The molecule has 0 bridgehead atoms. The van der Waals surface area contributed by atoms with E-state index in [2.05, 4.69) is 0 Å². The summed E-state index contributed by atoms with van der Waals surface area (Å²) in [6.07, 6.45) is 1.82. The maximum Gasteiger partial charge on any atom is 0.334 e. The van der Waals surface area contributed by atoms with Crippen LogP contribution in [0.15, 0.2) is 0 Å². The van der Waals surface area contributed by atoms with Gasteiger partial charge in [-0.3, -0.25) is 4.57 Å². The average molecular weight is 250 g/mol. The zero-order valence-electron chi connectivity index (χ0n) is 10.7. The minimum atomic E-state index is -3.12. The molecule has 16 heavy (non-hydrogen) atoms. The highest BCUT2D eigenvalue weighted by atomic mass is 31.2. The minimum absolute atomic E-state index is 0.0260. The van der Waals surface area contributed by atoms with Gasteiger partial charge in [0.1, 0.15) is 5.78 Å². The van der Waals surface area contributed by atoms with Crippen LogP contribution in [-0.2, 0) is 18.4 Å². The summed E-state index contributed by atoms with van der Waals surface area (Å²) in [5, 5.41) is 0. The summed E-state index contributed by atoms with van der Waals surface area (Å²) < 4.78 is 23.0. The maximum atomic E-state index is 12.4. The van der Waals surface area contributed by atoms with Crippen molar-refractivity contribution in [3.63, 3.8) is 0 Å². The van der Waals surface area contributed by atoms with E-state index in [0.29, 0.717) is 19.6 Å². The van der Waals surface area contributed by atoms with Crippen LogP contribution in [0.1, 0.15) is 47.0 Å². The molecule has 4 nitrogen and oxygen atoms in total. The predicted molar refractivity (Wildman–Crippen MR) is 64.9 cm³/mol. The van der Waals surface area contributed by atoms with E-state index in [1.165, 1.54) is 6.92 Å². The van der Waals surface area contributed by atoms with E-state index in [0.717, 1.165) is 6.42 Å². The lowest BCUT2D eigenvalue weighted by Gasteiger charge is -2.25. The summed E-state index contributed by atoms with van der Waals surface area (Å²) >= 11 is 0. The molecule has 5 heteroatoms. The Hall–Kier alpha value is -0.180. The lowest BCUT2D eigenvalue weighted by atomic mass is 10.1. The van der Waals surface area contributed by atoms with Crippen molar-refractivity contribution in [2.45, 2.75) is 52.6 Å². The van der Waals surface area contributed by atoms with Gasteiger partial charge in [0, 0.05) is 6.42 Å². The van der Waals surface area contributed by atoms with Crippen LogP contribution in [0, 0.1) is 0 Å².